The molecule has 0 atom stereocenters. The summed E-state index contributed by atoms with van der Waals surface area (Å²) in [6.45, 7) is 2.72. The van der Waals surface area contributed by atoms with Gasteiger partial charge in [-0.05, 0) is 47.3 Å². The summed E-state index contributed by atoms with van der Waals surface area (Å²) < 4.78 is 5.82. The number of quaternary nitrogens is 1. The summed E-state index contributed by atoms with van der Waals surface area (Å²) in [5.74, 6) is 0.931. The fourth-order valence-corrected chi connectivity index (χ4v) is 3.75. The van der Waals surface area contributed by atoms with Crippen molar-refractivity contribution in [3.63, 3.8) is 0 Å². The number of benzene rings is 2. The van der Waals surface area contributed by atoms with Crippen LogP contribution in [0.25, 0.3) is 10.9 Å². The molecule has 3 N–H and O–H groups in total. The summed E-state index contributed by atoms with van der Waals surface area (Å²) in [4.78, 5) is 4.60. The Bertz CT molecular complexity index is 942. The minimum Gasteiger partial charge on any atom is -0.488 e. The molecule has 0 aliphatic rings. The highest BCUT2D eigenvalue weighted by molar-refractivity contribution is 7.09. The van der Waals surface area contributed by atoms with Crippen LogP contribution in [0.15, 0.2) is 72.2 Å². The van der Waals surface area contributed by atoms with Gasteiger partial charge in [0.2, 0.25) is 0 Å². The van der Waals surface area contributed by atoms with Crippen LogP contribution in [0.3, 0.4) is 0 Å². The van der Waals surface area contributed by atoms with E-state index in [1.54, 1.807) is 11.3 Å². The van der Waals surface area contributed by atoms with Gasteiger partial charge in [-0.1, -0.05) is 24.3 Å². The quantitative estimate of drug-likeness (QED) is 0.455. The number of aromatic nitrogens is 1. The molecule has 0 unspecified atom stereocenters. The smallest absolute Gasteiger partial charge is 0.122 e. The molecule has 0 fully saturated rings. The van der Waals surface area contributed by atoms with Crippen molar-refractivity contribution in [2.75, 3.05) is 6.54 Å². The third-order valence-corrected chi connectivity index (χ3v) is 5.41. The number of hydrogen-bond acceptors (Lipinski definition) is 2. The van der Waals surface area contributed by atoms with E-state index in [4.69, 9.17) is 4.74 Å². The monoisotopic (exact) mass is 363 g/mol. The average molecular weight is 364 g/mol. The van der Waals surface area contributed by atoms with Gasteiger partial charge in [0, 0.05) is 34.0 Å². The standard InChI is InChI=1S/C22H22N2OS/c1-2-6-22-21(5-1)18(15-24-22)11-12-23-14-17-7-9-19(10-8-17)25-16-20-4-3-13-26-20/h1-10,13,15,23-24H,11-12,14,16H2/p+1. The first-order chi connectivity index (χ1) is 12.9. The molecule has 0 aliphatic carbocycles. The Hall–Kier alpha value is -2.56. The van der Waals surface area contributed by atoms with Crippen LogP contribution in [0, 0.1) is 0 Å². The predicted octanol–water partition coefficient (Wildman–Crippen LogP) is 4.11. The minimum atomic E-state index is 0.647. The highest BCUT2D eigenvalue weighted by atomic mass is 32.1. The third kappa shape index (κ3) is 4.15. The molecule has 4 heteroatoms. The number of fused-ring (bicyclic) bond motifs is 1. The fourth-order valence-electron chi connectivity index (χ4n) is 3.14. The predicted molar refractivity (Wildman–Crippen MR) is 108 cm³/mol. The minimum absolute atomic E-state index is 0.647. The van der Waals surface area contributed by atoms with Gasteiger partial charge in [0.05, 0.1) is 6.54 Å². The third-order valence-electron chi connectivity index (χ3n) is 4.56. The Labute approximate surface area is 157 Å². The summed E-state index contributed by atoms with van der Waals surface area (Å²) in [6, 6.07) is 21.1. The number of aromatic amines is 1. The SMILES string of the molecule is c1csc(COc2ccc(C[NH2+]CCc3c[nH]c4ccccc34)cc2)c1. The molecule has 0 aliphatic heterocycles. The lowest BCUT2D eigenvalue weighted by Gasteiger charge is -2.06. The van der Waals surface area contributed by atoms with Gasteiger partial charge in [0.15, 0.2) is 0 Å². The zero-order chi connectivity index (χ0) is 17.6. The average Bonchev–Trinajstić information content (AvgIpc) is 3.34. The van der Waals surface area contributed by atoms with Gasteiger partial charge in [0.25, 0.3) is 0 Å². The lowest BCUT2D eigenvalue weighted by atomic mass is 10.1. The van der Waals surface area contributed by atoms with Crippen molar-refractivity contribution in [3.05, 3.63) is 88.2 Å². The van der Waals surface area contributed by atoms with Crippen LogP contribution < -0.4 is 10.1 Å². The second-order valence-corrected chi connectivity index (χ2v) is 7.44. The van der Waals surface area contributed by atoms with E-state index in [9.17, 15) is 0 Å². The van der Waals surface area contributed by atoms with E-state index >= 15 is 0 Å². The summed E-state index contributed by atoms with van der Waals surface area (Å²) in [7, 11) is 0. The Morgan fingerprint density at radius 2 is 1.85 bits per heavy atom. The number of H-pyrrole nitrogens is 1. The van der Waals surface area contributed by atoms with E-state index in [0.29, 0.717) is 6.61 Å². The molecule has 0 radical (unpaired) electrons. The van der Waals surface area contributed by atoms with Crippen LogP contribution in [0.2, 0.25) is 0 Å². The van der Waals surface area contributed by atoms with Gasteiger partial charge in [-0.15, -0.1) is 11.3 Å². The largest absolute Gasteiger partial charge is 0.488 e. The Morgan fingerprint density at radius 3 is 2.69 bits per heavy atom. The molecule has 2 aromatic heterocycles. The van der Waals surface area contributed by atoms with E-state index in [2.05, 4.69) is 82.5 Å². The van der Waals surface area contributed by atoms with E-state index in [-0.39, 0.29) is 0 Å². The highest BCUT2D eigenvalue weighted by Crippen LogP contribution is 2.18. The van der Waals surface area contributed by atoms with Crippen LogP contribution in [-0.4, -0.2) is 11.5 Å². The number of para-hydroxylation sites is 1. The van der Waals surface area contributed by atoms with Gasteiger partial charge in [-0.25, -0.2) is 0 Å². The first kappa shape index (κ1) is 16.9. The van der Waals surface area contributed by atoms with E-state index in [1.807, 2.05) is 0 Å². The second kappa shape index (κ2) is 8.21. The summed E-state index contributed by atoms with van der Waals surface area (Å²) in [6.07, 6.45) is 3.21. The summed E-state index contributed by atoms with van der Waals surface area (Å²) >= 11 is 1.73. The maximum atomic E-state index is 5.82. The molecule has 2 aromatic carbocycles. The van der Waals surface area contributed by atoms with Crippen molar-refractivity contribution in [2.24, 2.45) is 0 Å². The maximum Gasteiger partial charge on any atom is 0.122 e. The molecule has 0 bridgehead atoms. The van der Waals surface area contributed by atoms with Gasteiger partial charge in [0.1, 0.15) is 18.9 Å². The van der Waals surface area contributed by atoms with Crippen molar-refractivity contribution in [1.82, 2.24) is 4.98 Å². The van der Waals surface area contributed by atoms with Crippen molar-refractivity contribution in [3.8, 4) is 5.75 Å². The van der Waals surface area contributed by atoms with E-state index in [0.717, 1.165) is 25.3 Å². The highest BCUT2D eigenvalue weighted by Gasteiger charge is 2.04. The number of nitrogens with one attached hydrogen (secondary N) is 1. The molecule has 4 aromatic rings. The molecule has 0 saturated carbocycles. The molecule has 0 saturated heterocycles. The van der Waals surface area contributed by atoms with Crippen molar-refractivity contribution in [2.45, 2.75) is 19.6 Å². The molecule has 2 heterocycles. The van der Waals surface area contributed by atoms with Crippen LogP contribution >= 0.6 is 11.3 Å². The van der Waals surface area contributed by atoms with Gasteiger partial charge in [-0.2, -0.15) is 0 Å². The maximum absolute atomic E-state index is 5.82. The number of hydrogen-bond donors (Lipinski definition) is 2. The first-order valence-corrected chi connectivity index (χ1v) is 9.87. The second-order valence-electron chi connectivity index (χ2n) is 6.40. The van der Waals surface area contributed by atoms with E-state index in [1.165, 1.54) is 26.9 Å². The summed E-state index contributed by atoms with van der Waals surface area (Å²) in [5.41, 5.74) is 3.95. The van der Waals surface area contributed by atoms with Crippen LogP contribution in [0.4, 0.5) is 0 Å². The molecular formula is C22H23N2OS+. The van der Waals surface area contributed by atoms with Crippen LogP contribution in [-0.2, 0) is 19.6 Å². The number of nitrogens with two attached hydrogens (primary N) is 1. The number of rotatable bonds is 8. The number of thiophene rings is 1. The fraction of sp³-hybridized carbons (Fsp3) is 0.182. The van der Waals surface area contributed by atoms with Crippen LogP contribution in [0.5, 0.6) is 5.75 Å². The number of ether oxygens (including phenoxy) is 1. The lowest BCUT2D eigenvalue weighted by Crippen LogP contribution is -2.83. The molecule has 132 valence electrons. The van der Waals surface area contributed by atoms with E-state index < -0.39 is 0 Å². The van der Waals surface area contributed by atoms with Gasteiger partial charge < -0.3 is 15.0 Å². The molecule has 3 nitrogen and oxygen atoms in total. The van der Waals surface area contributed by atoms with Gasteiger partial charge >= 0.3 is 0 Å². The van der Waals surface area contributed by atoms with Crippen LogP contribution in [0.1, 0.15) is 16.0 Å². The first-order valence-electron chi connectivity index (χ1n) is 8.99. The molecule has 0 spiro atoms. The molecule has 26 heavy (non-hydrogen) atoms. The molecular weight excluding hydrogens is 340 g/mol. The summed E-state index contributed by atoms with van der Waals surface area (Å²) in [5, 5.41) is 5.78. The van der Waals surface area contributed by atoms with Crippen molar-refractivity contribution >= 4 is 22.2 Å². The Balaban J connectivity index is 1.23. The zero-order valence-corrected chi connectivity index (χ0v) is 15.5. The molecule has 4 rings (SSSR count). The Kier molecular flexibility index (Phi) is 5.33. The van der Waals surface area contributed by atoms with Crippen molar-refractivity contribution < 1.29 is 10.1 Å². The topological polar surface area (TPSA) is 41.6 Å². The molecule has 0 amide bonds. The normalized spacial score (nSPS) is 11.1. The zero-order valence-electron chi connectivity index (χ0n) is 14.7. The lowest BCUT2D eigenvalue weighted by molar-refractivity contribution is -0.670. The van der Waals surface area contributed by atoms with Crippen molar-refractivity contribution in [1.29, 1.82) is 0 Å². The Morgan fingerprint density at radius 1 is 0.962 bits per heavy atom. The van der Waals surface area contributed by atoms with Gasteiger partial charge in [-0.3, -0.25) is 0 Å².